The Morgan fingerprint density at radius 2 is 1.88 bits per heavy atom. The Bertz CT molecular complexity index is 853. The van der Waals surface area contributed by atoms with Gasteiger partial charge in [-0.25, -0.2) is 0 Å². The van der Waals surface area contributed by atoms with Crippen LogP contribution in [0.3, 0.4) is 0 Å². The zero-order valence-corrected chi connectivity index (χ0v) is 19.6. The Labute approximate surface area is 191 Å². The molecular weight excluding hydrogens is 404 g/mol. The van der Waals surface area contributed by atoms with Gasteiger partial charge in [0.15, 0.2) is 0 Å². The first-order chi connectivity index (χ1) is 15.6. The quantitative estimate of drug-likeness (QED) is 0.561. The molecule has 2 aromatic rings. The highest BCUT2D eigenvalue weighted by Crippen LogP contribution is 2.25. The predicted octanol–water partition coefficient (Wildman–Crippen LogP) is 4.41. The molecule has 0 saturated carbocycles. The van der Waals surface area contributed by atoms with Crippen molar-refractivity contribution in [1.29, 1.82) is 0 Å². The van der Waals surface area contributed by atoms with Crippen LogP contribution < -0.4 is 19.5 Å². The number of likely N-dealkylation sites (tertiary alicyclic amines) is 1. The first-order valence-electron chi connectivity index (χ1n) is 11.5. The zero-order chi connectivity index (χ0) is 22.8. The van der Waals surface area contributed by atoms with Gasteiger partial charge in [0, 0.05) is 37.7 Å². The maximum atomic E-state index is 12.4. The van der Waals surface area contributed by atoms with E-state index in [0.29, 0.717) is 25.5 Å². The predicted molar refractivity (Wildman–Crippen MR) is 126 cm³/mol. The standard InChI is InChI=1S/C26H36N2O4/c1-4-32-23-11-7-21(8-12-23)19-28-15-5-6-20(18-28)9-14-26(29)27-17-22-10-13-24(30-2)16-25(22)31-3/h7-8,10-13,16,20H,4-6,9,14-15,17-19H2,1-3H3,(H,27,29)/t20-/m0/s1. The molecule has 0 aliphatic carbocycles. The van der Waals surface area contributed by atoms with Crippen molar-refractivity contribution in [2.45, 2.75) is 45.7 Å². The molecular formula is C26H36N2O4. The number of benzene rings is 2. The second-order valence-electron chi connectivity index (χ2n) is 8.31. The van der Waals surface area contributed by atoms with Crippen LogP contribution in [0.4, 0.5) is 0 Å². The average molecular weight is 441 g/mol. The van der Waals surface area contributed by atoms with Crippen LogP contribution in [0.5, 0.6) is 17.2 Å². The van der Waals surface area contributed by atoms with Crippen LogP contribution in [0, 0.1) is 5.92 Å². The fraction of sp³-hybridized carbons (Fsp3) is 0.500. The lowest BCUT2D eigenvalue weighted by atomic mass is 9.93. The summed E-state index contributed by atoms with van der Waals surface area (Å²) in [4.78, 5) is 14.9. The summed E-state index contributed by atoms with van der Waals surface area (Å²) >= 11 is 0. The molecule has 1 aliphatic rings. The molecule has 1 amide bonds. The van der Waals surface area contributed by atoms with Crippen LogP contribution in [0.1, 0.15) is 43.7 Å². The van der Waals surface area contributed by atoms with Crippen molar-refractivity contribution in [3.05, 3.63) is 53.6 Å². The molecule has 0 radical (unpaired) electrons. The van der Waals surface area contributed by atoms with Gasteiger partial charge >= 0.3 is 0 Å². The SMILES string of the molecule is CCOc1ccc(CN2CCC[C@@H](CCC(=O)NCc3ccc(OC)cc3OC)C2)cc1. The third-order valence-corrected chi connectivity index (χ3v) is 5.99. The Hall–Kier alpha value is -2.73. The second-order valence-corrected chi connectivity index (χ2v) is 8.31. The van der Waals surface area contributed by atoms with E-state index in [2.05, 4.69) is 22.3 Å². The van der Waals surface area contributed by atoms with Crippen molar-refractivity contribution in [3.63, 3.8) is 0 Å². The van der Waals surface area contributed by atoms with Crippen molar-refractivity contribution in [1.82, 2.24) is 10.2 Å². The molecule has 2 aromatic carbocycles. The molecule has 32 heavy (non-hydrogen) atoms. The number of nitrogens with zero attached hydrogens (tertiary/aromatic N) is 1. The van der Waals surface area contributed by atoms with Crippen LogP contribution in [0.25, 0.3) is 0 Å². The van der Waals surface area contributed by atoms with Gasteiger partial charge in [-0.15, -0.1) is 0 Å². The Kier molecular flexibility index (Phi) is 9.23. The largest absolute Gasteiger partial charge is 0.497 e. The molecule has 0 bridgehead atoms. The summed E-state index contributed by atoms with van der Waals surface area (Å²) in [5, 5.41) is 3.03. The smallest absolute Gasteiger partial charge is 0.220 e. The lowest BCUT2D eigenvalue weighted by molar-refractivity contribution is -0.121. The van der Waals surface area contributed by atoms with Crippen LogP contribution in [-0.4, -0.2) is 44.7 Å². The topological polar surface area (TPSA) is 60.0 Å². The summed E-state index contributed by atoms with van der Waals surface area (Å²) in [7, 11) is 3.25. The number of ether oxygens (including phenoxy) is 3. The minimum absolute atomic E-state index is 0.0894. The van der Waals surface area contributed by atoms with E-state index in [9.17, 15) is 4.79 Å². The van der Waals surface area contributed by atoms with Gasteiger partial charge in [-0.2, -0.15) is 0 Å². The number of hydrogen-bond donors (Lipinski definition) is 1. The first-order valence-corrected chi connectivity index (χ1v) is 11.5. The molecule has 6 heteroatoms. The van der Waals surface area contributed by atoms with Crippen LogP contribution in [0.2, 0.25) is 0 Å². The van der Waals surface area contributed by atoms with Gasteiger partial charge in [0.2, 0.25) is 5.91 Å². The lowest BCUT2D eigenvalue weighted by Crippen LogP contribution is -2.35. The molecule has 1 N–H and O–H groups in total. The van der Waals surface area contributed by atoms with Crippen LogP contribution in [-0.2, 0) is 17.9 Å². The van der Waals surface area contributed by atoms with E-state index in [1.54, 1.807) is 14.2 Å². The minimum Gasteiger partial charge on any atom is -0.497 e. The molecule has 1 atom stereocenters. The molecule has 174 valence electrons. The number of rotatable bonds is 11. The Morgan fingerprint density at radius 1 is 1.09 bits per heavy atom. The van der Waals surface area contributed by atoms with E-state index >= 15 is 0 Å². The third-order valence-electron chi connectivity index (χ3n) is 5.99. The van der Waals surface area contributed by atoms with Crippen LogP contribution >= 0.6 is 0 Å². The highest BCUT2D eigenvalue weighted by Gasteiger charge is 2.21. The number of carbonyl (C=O) groups is 1. The van der Waals surface area contributed by atoms with E-state index < -0.39 is 0 Å². The van der Waals surface area contributed by atoms with Gasteiger partial charge in [0.25, 0.3) is 0 Å². The molecule has 1 fully saturated rings. The summed E-state index contributed by atoms with van der Waals surface area (Å²) in [5.74, 6) is 3.04. The summed E-state index contributed by atoms with van der Waals surface area (Å²) < 4.78 is 16.2. The number of hydrogen-bond acceptors (Lipinski definition) is 5. The number of carbonyl (C=O) groups excluding carboxylic acids is 1. The summed E-state index contributed by atoms with van der Waals surface area (Å²) in [6, 6.07) is 14.0. The number of nitrogens with one attached hydrogen (secondary N) is 1. The molecule has 0 spiro atoms. The maximum Gasteiger partial charge on any atom is 0.220 e. The number of methoxy groups -OCH3 is 2. The molecule has 1 heterocycles. The van der Waals surface area contributed by atoms with Gasteiger partial charge in [0.05, 0.1) is 20.8 Å². The number of piperidine rings is 1. The second kappa shape index (κ2) is 12.3. The summed E-state index contributed by atoms with van der Waals surface area (Å²) in [5.41, 5.74) is 2.25. The van der Waals surface area contributed by atoms with Crippen molar-refractivity contribution < 1.29 is 19.0 Å². The summed E-state index contributed by atoms with van der Waals surface area (Å²) in [6.45, 7) is 6.26. The van der Waals surface area contributed by atoms with E-state index in [1.165, 1.54) is 18.4 Å². The fourth-order valence-corrected chi connectivity index (χ4v) is 4.26. The molecule has 1 aliphatic heterocycles. The van der Waals surface area contributed by atoms with Gasteiger partial charge in [0.1, 0.15) is 17.2 Å². The Morgan fingerprint density at radius 3 is 2.59 bits per heavy atom. The first kappa shape index (κ1) is 23.9. The van der Waals surface area contributed by atoms with Gasteiger partial charge < -0.3 is 19.5 Å². The van der Waals surface area contributed by atoms with Gasteiger partial charge in [-0.05, 0) is 68.5 Å². The molecule has 0 aromatic heterocycles. The van der Waals surface area contributed by atoms with E-state index in [-0.39, 0.29) is 5.91 Å². The lowest BCUT2D eigenvalue weighted by Gasteiger charge is -2.32. The van der Waals surface area contributed by atoms with E-state index in [4.69, 9.17) is 14.2 Å². The van der Waals surface area contributed by atoms with Crippen molar-refractivity contribution in [2.75, 3.05) is 33.9 Å². The monoisotopic (exact) mass is 440 g/mol. The maximum absolute atomic E-state index is 12.4. The van der Waals surface area contributed by atoms with Gasteiger partial charge in [-0.1, -0.05) is 12.1 Å². The van der Waals surface area contributed by atoms with Crippen molar-refractivity contribution in [3.8, 4) is 17.2 Å². The summed E-state index contributed by atoms with van der Waals surface area (Å²) in [6.07, 6.45) is 3.86. The normalized spacial score (nSPS) is 16.4. The molecule has 3 rings (SSSR count). The minimum atomic E-state index is 0.0894. The molecule has 0 unspecified atom stereocenters. The van der Waals surface area contributed by atoms with Crippen molar-refractivity contribution >= 4 is 5.91 Å². The van der Waals surface area contributed by atoms with Gasteiger partial charge in [-0.3, -0.25) is 9.69 Å². The third kappa shape index (κ3) is 7.16. The average Bonchev–Trinajstić information content (AvgIpc) is 2.83. The van der Waals surface area contributed by atoms with E-state index in [0.717, 1.165) is 48.9 Å². The molecule has 6 nitrogen and oxygen atoms in total. The number of amides is 1. The highest BCUT2D eigenvalue weighted by atomic mass is 16.5. The van der Waals surface area contributed by atoms with Crippen LogP contribution in [0.15, 0.2) is 42.5 Å². The molecule has 1 saturated heterocycles. The highest BCUT2D eigenvalue weighted by molar-refractivity contribution is 5.75. The van der Waals surface area contributed by atoms with E-state index in [1.807, 2.05) is 37.3 Å². The Balaban J connectivity index is 1.41. The zero-order valence-electron chi connectivity index (χ0n) is 19.6. The fourth-order valence-electron chi connectivity index (χ4n) is 4.26. The van der Waals surface area contributed by atoms with Crippen molar-refractivity contribution in [2.24, 2.45) is 5.92 Å².